The molecule has 29 heavy (non-hydrogen) atoms. The van der Waals surface area contributed by atoms with Gasteiger partial charge in [-0.25, -0.2) is 4.39 Å². The van der Waals surface area contributed by atoms with E-state index in [0.717, 1.165) is 46.8 Å². The molecule has 148 valence electrons. The number of furan rings is 1. The summed E-state index contributed by atoms with van der Waals surface area (Å²) in [5, 5.41) is 8.33. The average Bonchev–Trinajstić information content (AvgIpc) is 3.31. The third kappa shape index (κ3) is 3.45. The van der Waals surface area contributed by atoms with Crippen molar-refractivity contribution in [1.82, 2.24) is 10.1 Å². The Bertz CT molecular complexity index is 1170. The van der Waals surface area contributed by atoms with Crippen LogP contribution >= 0.6 is 0 Å². The van der Waals surface area contributed by atoms with Gasteiger partial charge in [0.2, 0.25) is 0 Å². The van der Waals surface area contributed by atoms with Gasteiger partial charge in [-0.15, -0.1) is 0 Å². The van der Waals surface area contributed by atoms with Crippen LogP contribution in [0.1, 0.15) is 17.1 Å². The number of anilines is 2. The van der Waals surface area contributed by atoms with Crippen LogP contribution in [0, 0.1) is 5.82 Å². The van der Waals surface area contributed by atoms with Crippen molar-refractivity contribution < 1.29 is 18.1 Å². The van der Waals surface area contributed by atoms with Crippen molar-refractivity contribution in [3.8, 4) is 5.75 Å². The molecule has 3 heterocycles. The fraction of sp³-hybridized carbons (Fsp3) is 0.227. The summed E-state index contributed by atoms with van der Waals surface area (Å²) in [6, 6.07) is 14.2. The zero-order valence-corrected chi connectivity index (χ0v) is 15.9. The number of hydrogen-bond donors (Lipinski definition) is 1. The molecule has 0 bridgehead atoms. The molecular formula is C22H20FN3O3. The maximum Gasteiger partial charge on any atom is 0.178 e. The molecule has 0 fully saturated rings. The number of fused-ring (bicyclic) bond motifs is 2. The summed E-state index contributed by atoms with van der Waals surface area (Å²) in [7, 11) is 1.64. The Hall–Kier alpha value is -3.32. The second kappa shape index (κ2) is 7.25. The molecule has 0 amide bonds. The Labute approximate surface area is 166 Å². The molecule has 0 unspecified atom stereocenters. The molecule has 1 aliphatic heterocycles. The minimum absolute atomic E-state index is 0.297. The zero-order chi connectivity index (χ0) is 19.8. The van der Waals surface area contributed by atoms with Crippen molar-refractivity contribution in [1.29, 1.82) is 0 Å². The maximum absolute atomic E-state index is 13.5. The van der Waals surface area contributed by atoms with E-state index in [-0.39, 0.29) is 5.82 Å². The number of methoxy groups -OCH3 is 1. The van der Waals surface area contributed by atoms with Crippen molar-refractivity contribution in [3.63, 3.8) is 0 Å². The van der Waals surface area contributed by atoms with Gasteiger partial charge in [0.25, 0.3) is 0 Å². The Morgan fingerprint density at radius 1 is 1.21 bits per heavy atom. The van der Waals surface area contributed by atoms with Crippen molar-refractivity contribution in [2.24, 2.45) is 0 Å². The summed E-state index contributed by atoms with van der Waals surface area (Å²) < 4.78 is 30.4. The average molecular weight is 393 g/mol. The number of nitrogens with one attached hydrogen (secondary N) is 1. The fourth-order valence-electron chi connectivity index (χ4n) is 3.75. The number of nitrogens with zero attached hydrogens (tertiary/aromatic N) is 2. The lowest BCUT2D eigenvalue weighted by atomic mass is 10.1. The van der Waals surface area contributed by atoms with Crippen LogP contribution in [0.4, 0.5) is 15.9 Å². The normalized spacial score (nSPS) is 14.1. The van der Waals surface area contributed by atoms with Crippen LogP contribution in [0.3, 0.4) is 0 Å². The first kappa shape index (κ1) is 17.8. The minimum Gasteiger partial charge on any atom is -0.493 e. The number of benzene rings is 2. The van der Waals surface area contributed by atoms with Crippen molar-refractivity contribution in [2.75, 3.05) is 19.0 Å². The standard InChI is InChI=1S/C22H20FN3O3/c1-27-20-7-2-4-14-10-17(28-21(14)20)12-26-9-8-19-18(13-26)22(25-29-19)24-16-6-3-5-15(23)11-16/h2-7,10-11H,8-9,12-13H2,1H3,(H,24,25). The van der Waals surface area contributed by atoms with E-state index in [2.05, 4.69) is 15.4 Å². The first-order valence-electron chi connectivity index (χ1n) is 9.47. The predicted octanol–water partition coefficient (Wildman–Crippen LogP) is 4.87. The zero-order valence-electron chi connectivity index (χ0n) is 15.9. The van der Waals surface area contributed by atoms with E-state index in [9.17, 15) is 4.39 Å². The smallest absolute Gasteiger partial charge is 0.178 e. The van der Waals surface area contributed by atoms with Gasteiger partial charge < -0.3 is 19.0 Å². The SMILES string of the molecule is COc1cccc2cc(CN3CCc4onc(Nc5cccc(F)c5)c4C3)oc12. The predicted molar refractivity (Wildman–Crippen MR) is 107 cm³/mol. The molecule has 2 aromatic carbocycles. The molecule has 4 aromatic rings. The van der Waals surface area contributed by atoms with Crippen LogP contribution in [-0.2, 0) is 19.5 Å². The van der Waals surface area contributed by atoms with E-state index in [0.29, 0.717) is 24.6 Å². The third-order valence-corrected chi connectivity index (χ3v) is 5.15. The molecule has 0 saturated heterocycles. The van der Waals surface area contributed by atoms with Crippen LogP contribution in [0.2, 0.25) is 0 Å². The number of para-hydroxylation sites is 1. The molecule has 0 aliphatic carbocycles. The van der Waals surface area contributed by atoms with E-state index in [4.69, 9.17) is 13.7 Å². The highest BCUT2D eigenvalue weighted by molar-refractivity contribution is 5.83. The molecule has 2 aromatic heterocycles. The monoisotopic (exact) mass is 393 g/mol. The van der Waals surface area contributed by atoms with Gasteiger partial charge in [-0.05, 0) is 30.3 Å². The number of aromatic nitrogens is 1. The van der Waals surface area contributed by atoms with E-state index in [1.165, 1.54) is 12.1 Å². The number of rotatable bonds is 5. The van der Waals surface area contributed by atoms with E-state index >= 15 is 0 Å². The summed E-state index contributed by atoms with van der Waals surface area (Å²) in [5.41, 5.74) is 2.40. The van der Waals surface area contributed by atoms with Gasteiger partial charge in [0.05, 0.1) is 19.2 Å². The maximum atomic E-state index is 13.5. The molecule has 5 rings (SSSR count). The quantitative estimate of drug-likeness (QED) is 0.522. The van der Waals surface area contributed by atoms with Crippen molar-refractivity contribution >= 4 is 22.5 Å². The summed E-state index contributed by atoms with van der Waals surface area (Å²) in [6.45, 7) is 2.18. The molecule has 0 saturated carbocycles. The Morgan fingerprint density at radius 2 is 2.10 bits per heavy atom. The molecule has 7 heteroatoms. The highest BCUT2D eigenvalue weighted by atomic mass is 19.1. The minimum atomic E-state index is -0.297. The lowest BCUT2D eigenvalue weighted by molar-refractivity contribution is 0.214. The Balaban J connectivity index is 1.35. The molecular weight excluding hydrogens is 373 g/mol. The van der Waals surface area contributed by atoms with E-state index < -0.39 is 0 Å². The molecule has 0 radical (unpaired) electrons. The molecule has 1 N–H and O–H groups in total. The lowest BCUT2D eigenvalue weighted by Gasteiger charge is -2.25. The Kier molecular flexibility index (Phi) is 4.44. The van der Waals surface area contributed by atoms with Crippen LogP contribution < -0.4 is 10.1 Å². The van der Waals surface area contributed by atoms with Gasteiger partial charge in [-0.3, -0.25) is 4.90 Å². The van der Waals surface area contributed by atoms with Gasteiger partial charge in [-0.1, -0.05) is 23.4 Å². The second-order valence-corrected chi connectivity index (χ2v) is 7.12. The van der Waals surface area contributed by atoms with Gasteiger partial charge in [0, 0.05) is 30.6 Å². The highest BCUT2D eigenvalue weighted by Gasteiger charge is 2.25. The summed E-state index contributed by atoms with van der Waals surface area (Å²) in [4.78, 5) is 2.28. The summed E-state index contributed by atoms with van der Waals surface area (Å²) in [5.74, 6) is 2.81. The number of halogens is 1. The molecule has 1 aliphatic rings. The van der Waals surface area contributed by atoms with Crippen molar-refractivity contribution in [2.45, 2.75) is 19.5 Å². The summed E-state index contributed by atoms with van der Waals surface area (Å²) >= 11 is 0. The lowest BCUT2D eigenvalue weighted by Crippen LogP contribution is -2.29. The Morgan fingerprint density at radius 3 is 2.97 bits per heavy atom. The van der Waals surface area contributed by atoms with Gasteiger partial charge >= 0.3 is 0 Å². The van der Waals surface area contributed by atoms with Crippen molar-refractivity contribution in [3.05, 3.63) is 71.4 Å². The van der Waals surface area contributed by atoms with Crippen LogP contribution in [0.5, 0.6) is 5.75 Å². The highest BCUT2D eigenvalue weighted by Crippen LogP contribution is 2.32. The topological polar surface area (TPSA) is 63.7 Å². The molecule has 0 atom stereocenters. The molecule has 6 nitrogen and oxygen atoms in total. The van der Waals surface area contributed by atoms with Crippen LogP contribution in [-0.4, -0.2) is 23.7 Å². The number of ether oxygens (including phenoxy) is 1. The number of hydrogen-bond acceptors (Lipinski definition) is 6. The second-order valence-electron chi connectivity index (χ2n) is 7.12. The first-order valence-corrected chi connectivity index (χ1v) is 9.47. The van der Waals surface area contributed by atoms with Gasteiger partial charge in [-0.2, -0.15) is 0 Å². The van der Waals surface area contributed by atoms with Crippen LogP contribution in [0.15, 0.2) is 57.5 Å². The molecule has 0 spiro atoms. The fourth-order valence-corrected chi connectivity index (χ4v) is 3.75. The van der Waals surface area contributed by atoms with E-state index in [1.54, 1.807) is 19.2 Å². The van der Waals surface area contributed by atoms with Crippen LogP contribution in [0.25, 0.3) is 11.0 Å². The summed E-state index contributed by atoms with van der Waals surface area (Å²) in [6.07, 6.45) is 0.761. The van der Waals surface area contributed by atoms with Gasteiger partial charge in [0.15, 0.2) is 17.2 Å². The largest absolute Gasteiger partial charge is 0.493 e. The first-order chi connectivity index (χ1) is 14.2. The van der Waals surface area contributed by atoms with E-state index in [1.807, 2.05) is 24.3 Å². The third-order valence-electron chi connectivity index (χ3n) is 5.15. The van der Waals surface area contributed by atoms with Gasteiger partial charge in [0.1, 0.15) is 17.3 Å².